The van der Waals surface area contributed by atoms with Crippen LogP contribution in [0.2, 0.25) is 0 Å². The minimum atomic E-state index is -0.938. The summed E-state index contributed by atoms with van der Waals surface area (Å²) in [6.07, 6.45) is 1.02. The summed E-state index contributed by atoms with van der Waals surface area (Å²) < 4.78 is 0. The first-order valence-electron chi connectivity index (χ1n) is 7.17. The predicted molar refractivity (Wildman–Crippen MR) is 87.5 cm³/mol. The second-order valence-electron chi connectivity index (χ2n) is 5.26. The molecule has 2 aromatic rings. The van der Waals surface area contributed by atoms with E-state index < -0.39 is 5.97 Å². The lowest BCUT2D eigenvalue weighted by Gasteiger charge is -2.11. The number of carboxylic acid groups (broad SMARTS) is 1. The highest BCUT2D eigenvalue weighted by Gasteiger charge is 2.09. The van der Waals surface area contributed by atoms with Gasteiger partial charge in [0.25, 0.3) is 0 Å². The molecule has 1 atom stereocenters. The molecule has 22 heavy (non-hydrogen) atoms. The Labute approximate surface area is 133 Å². The smallest absolute Gasteiger partial charge is 0.335 e. The van der Waals surface area contributed by atoms with E-state index in [1.54, 1.807) is 35.6 Å². The molecular formula is C17H19NO3S. The molecule has 0 aliphatic rings. The number of aromatic carboxylic acids is 1. The summed E-state index contributed by atoms with van der Waals surface area (Å²) >= 11 is 1.66. The highest BCUT2D eigenvalue weighted by Crippen LogP contribution is 2.17. The summed E-state index contributed by atoms with van der Waals surface area (Å²) in [7, 11) is 0. The van der Waals surface area contributed by atoms with Crippen LogP contribution in [0.4, 0.5) is 0 Å². The molecule has 1 unspecified atom stereocenters. The van der Waals surface area contributed by atoms with Crippen LogP contribution >= 0.6 is 11.3 Å². The summed E-state index contributed by atoms with van der Waals surface area (Å²) in [5, 5.41) is 15.9. The van der Waals surface area contributed by atoms with Gasteiger partial charge < -0.3 is 10.4 Å². The van der Waals surface area contributed by atoms with E-state index >= 15 is 0 Å². The van der Waals surface area contributed by atoms with Gasteiger partial charge in [-0.25, -0.2) is 4.79 Å². The lowest BCUT2D eigenvalue weighted by atomic mass is 10.0. The van der Waals surface area contributed by atoms with Gasteiger partial charge in [0.05, 0.1) is 5.56 Å². The molecular weight excluding hydrogens is 298 g/mol. The molecule has 0 fully saturated rings. The van der Waals surface area contributed by atoms with E-state index in [4.69, 9.17) is 5.11 Å². The maximum Gasteiger partial charge on any atom is 0.335 e. The largest absolute Gasteiger partial charge is 0.478 e. The minimum Gasteiger partial charge on any atom is -0.478 e. The maximum atomic E-state index is 11.9. The Morgan fingerprint density at radius 3 is 2.55 bits per heavy atom. The van der Waals surface area contributed by atoms with Gasteiger partial charge in [0.2, 0.25) is 5.91 Å². The Hall–Kier alpha value is -2.14. The van der Waals surface area contributed by atoms with E-state index in [0.29, 0.717) is 25.3 Å². The van der Waals surface area contributed by atoms with Crippen molar-refractivity contribution in [3.8, 4) is 0 Å². The van der Waals surface area contributed by atoms with Crippen LogP contribution in [0.15, 0.2) is 41.1 Å². The van der Waals surface area contributed by atoms with Crippen molar-refractivity contribution >= 4 is 23.2 Å². The number of nitrogens with one attached hydrogen (secondary N) is 1. The zero-order valence-electron chi connectivity index (χ0n) is 12.4. The number of carbonyl (C=O) groups excluding carboxylic acids is 1. The van der Waals surface area contributed by atoms with Crippen LogP contribution in [-0.2, 0) is 11.2 Å². The highest BCUT2D eigenvalue weighted by atomic mass is 32.1. The molecule has 0 spiro atoms. The van der Waals surface area contributed by atoms with Gasteiger partial charge in [-0.2, -0.15) is 11.3 Å². The summed E-state index contributed by atoms with van der Waals surface area (Å²) in [6.45, 7) is 2.72. The van der Waals surface area contributed by atoms with Gasteiger partial charge in [-0.05, 0) is 52.4 Å². The molecule has 0 saturated carbocycles. The first kappa shape index (κ1) is 16.2. The number of amides is 1. The Balaban J connectivity index is 1.74. The molecule has 0 radical (unpaired) electrons. The molecule has 0 saturated heterocycles. The van der Waals surface area contributed by atoms with E-state index in [1.807, 2.05) is 5.38 Å². The van der Waals surface area contributed by atoms with E-state index in [-0.39, 0.29) is 11.5 Å². The van der Waals surface area contributed by atoms with Crippen molar-refractivity contribution in [2.24, 2.45) is 0 Å². The Kier molecular flexibility index (Phi) is 5.72. The third-order valence-electron chi connectivity index (χ3n) is 3.56. The normalized spacial score (nSPS) is 11.9. The van der Waals surface area contributed by atoms with Crippen molar-refractivity contribution in [2.45, 2.75) is 25.7 Å². The number of hydrogen-bond acceptors (Lipinski definition) is 3. The second kappa shape index (κ2) is 7.75. The van der Waals surface area contributed by atoms with E-state index in [1.165, 1.54) is 5.56 Å². The third kappa shape index (κ3) is 4.70. The standard InChI is InChI=1S/C17H19NO3S/c1-12(15-8-9-22-11-15)10-18-16(19)7-4-13-2-5-14(6-3-13)17(20)21/h2-3,5-6,8-9,11-12H,4,7,10H2,1H3,(H,18,19)(H,20,21). The van der Waals surface area contributed by atoms with Crippen LogP contribution < -0.4 is 5.32 Å². The zero-order chi connectivity index (χ0) is 15.9. The van der Waals surface area contributed by atoms with Crippen molar-refractivity contribution < 1.29 is 14.7 Å². The van der Waals surface area contributed by atoms with Crippen molar-refractivity contribution in [3.63, 3.8) is 0 Å². The highest BCUT2D eigenvalue weighted by molar-refractivity contribution is 7.07. The predicted octanol–water partition coefficient (Wildman–Crippen LogP) is 3.30. The molecule has 2 rings (SSSR count). The third-order valence-corrected chi connectivity index (χ3v) is 4.26. The fraction of sp³-hybridized carbons (Fsp3) is 0.294. The zero-order valence-corrected chi connectivity index (χ0v) is 13.2. The monoisotopic (exact) mass is 317 g/mol. The Morgan fingerprint density at radius 2 is 1.95 bits per heavy atom. The number of carboxylic acids is 1. The number of thiophene rings is 1. The van der Waals surface area contributed by atoms with Crippen molar-refractivity contribution in [1.29, 1.82) is 0 Å². The fourth-order valence-corrected chi connectivity index (χ4v) is 2.88. The van der Waals surface area contributed by atoms with Gasteiger partial charge in [0.1, 0.15) is 0 Å². The lowest BCUT2D eigenvalue weighted by molar-refractivity contribution is -0.121. The maximum absolute atomic E-state index is 11.9. The number of hydrogen-bond donors (Lipinski definition) is 2. The van der Waals surface area contributed by atoms with Gasteiger partial charge in [-0.3, -0.25) is 4.79 Å². The molecule has 5 heteroatoms. The average molecular weight is 317 g/mol. The number of benzene rings is 1. The lowest BCUT2D eigenvalue weighted by Crippen LogP contribution is -2.27. The molecule has 2 N–H and O–H groups in total. The Bertz CT molecular complexity index is 620. The summed E-state index contributed by atoms with van der Waals surface area (Å²) in [5.74, 6) is -0.610. The van der Waals surface area contributed by atoms with Gasteiger partial charge in [0.15, 0.2) is 0 Å². The SMILES string of the molecule is CC(CNC(=O)CCc1ccc(C(=O)O)cc1)c1ccsc1. The molecule has 1 aromatic carbocycles. The molecule has 1 heterocycles. The Morgan fingerprint density at radius 1 is 1.23 bits per heavy atom. The molecule has 1 amide bonds. The number of aryl methyl sites for hydroxylation is 1. The van der Waals surface area contributed by atoms with Crippen LogP contribution in [0, 0.1) is 0 Å². The second-order valence-corrected chi connectivity index (χ2v) is 6.04. The summed E-state index contributed by atoms with van der Waals surface area (Å²) in [6, 6.07) is 8.71. The molecule has 116 valence electrons. The first-order chi connectivity index (χ1) is 10.6. The summed E-state index contributed by atoms with van der Waals surface area (Å²) in [5.41, 5.74) is 2.47. The van der Waals surface area contributed by atoms with E-state index in [0.717, 1.165) is 5.56 Å². The van der Waals surface area contributed by atoms with Crippen LogP contribution in [0.3, 0.4) is 0 Å². The number of rotatable bonds is 7. The molecule has 1 aromatic heterocycles. The van der Waals surface area contributed by atoms with Gasteiger partial charge >= 0.3 is 5.97 Å². The van der Waals surface area contributed by atoms with Crippen LogP contribution in [0.25, 0.3) is 0 Å². The topological polar surface area (TPSA) is 66.4 Å². The molecule has 0 aliphatic heterocycles. The fourth-order valence-electron chi connectivity index (χ4n) is 2.10. The number of carbonyl (C=O) groups is 2. The minimum absolute atomic E-state index is 0.0180. The van der Waals surface area contributed by atoms with Crippen molar-refractivity contribution in [1.82, 2.24) is 5.32 Å². The van der Waals surface area contributed by atoms with E-state index in [9.17, 15) is 9.59 Å². The molecule has 0 aliphatic carbocycles. The van der Waals surface area contributed by atoms with Gasteiger partial charge in [0, 0.05) is 13.0 Å². The van der Waals surface area contributed by atoms with Crippen molar-refractivity contribution in [2.75, 3.05) is 6.54 Å². The van der Waals surface area contributed by atoms with E-state index in [2.05, 4.69) is 23.7 Å². The van der Waals surface area contributed by atoms with Crippen molar-refractivity contribution in [3.05, 3.63) is 57.8 Å². The van der Waals surface area contributed by atoms with Gasteiger partial charge in [-0.15, -0.1) is 0 Å². The van der Waals surface area contributed by atoms with Gasteiger partial charge in [-0.1, -0.05) is 19.1 Å². The van der Waals surface area contributed by atoms with Crippen LogP contribution in [0.1, 0.15) is 40.7 Å². The average Bonchev–Trinajstić information content (AvgIpc) is 3.05. The first-order valence-corrected chi connectivity index (χ1v) is 8.11. The summed E-state index contributed by atoms with van der Waals surface area (Å²) in [4.78, 5) is 22.6. The quantitative estimate of drug-likeness (QED) is 0.823. The molecule has 4 nitrogen and oxygen atoms in total. The van der Waals surface area contributed by atoms with Crippen LogP contribution in [-0.4, -0.2) is 23.5 Å². The molecule has 0 bridgehead atoms. The van der Waals surface area contributed by atoms with Crippen LogP contribution in [0.5, 0.6) is 0 Å².